The summed E-state index contributed by atoms with van der Waals surface area (Å²) in [5, 5.41) is 11.2. The molecule has 4 aromatic carbocycles. The molecular weight excluding hydrogens is 683 g/mol. The maximum Gasteiger partial charge on any atom is 0.264 e. The van der Waals surface area contributed by atoms with E-state index in [4.69, 9.17) is 9.47 Å². The average Bonchev–Trinajstić information content (AvgIpc) is 3.80. The maximum absolute atomic E-state index is 15.2. The van der Waals surface area contributed by atoms with E-state index in [9.17, 15) is 14.7 Å². The predicted molar refractivity (Wildman–Crippen MR) is 209 cm³/mol. The lowest BCUT2D eigenvalue weighted by molar-refractivity contribution is -0.150. The van der Waals surface area contributed by atoms with Crippen molar-refractivity contribution in [2.75, 3.05) is 36.6 Å². The van der Waals surface area contributed by atoms with Gasteiger partial charge in [0.2, 0.25) is 11.8 Å². The van der Waals surface area contributed by atoms with Crippen LogP contribution in [0.15, 0.2) is 103 Å². The van der Waals surface area contributed by atoms with E-state index in [1.54, 1.807) is 12.0 Å². The standard InChI is InChI=1S/C43H49N3O6Si/c1-30-41(53(3,4)35-21-19-34(51-2)20-22-35)38(27-40(49)44(24-25-47)28-31-12-6-5-7-13-31)52-43(30)36-16-8-9-17-37(36)46(42(43)50)29-32-14-10-15-33(26-32)45-23-11-18-39(45)48/h5-10,12-17,19-22,26,30,38,41,47H,11,18,23-25,27-29H2,1-4H3/t30-,38+,41-,43+/m1/s1. The molecule has 3 aliphatic heterocycles. The van der Waals surface area contributed by atoms with Gasteiger partial charge in [-0.2, -0.15) is 0 Å². The number of hydrogen-bond donors (Lipinski definition) is 1. The number of aliphatic hydroxyl groups excluding tert-OH is 1. The van der Waals surface area contributed by atoms with Gasteiger partial charge in [0.15, 0.2) is 5.60 Å². The zero-order valence-corrected chi connectivity index (χ0v) is 32.0. The minimum Gasteiger partial charge on any atom is -0.497 e. The Kier molecular flexibility index (Phi) is 10.3. The van der Waals surface area contributed by atoms with Gasteiger partial charge in [0.25, 0.3) is 5.91 Å². The van der Waals surface area contributed by atoms with Crippen molar-refractivity contribution in [1.82, 2.24) is 4.90 Å². The van der Waals surface area contributed by atoms with Crippen molar-refractivity contribution >= 4 is 42.4 Å². The first-order valence-corrected chi connectivity index (χ1v) is 21.7. The van der Waals surface area contributed by atoms with Crippen LogP contribution in [0, 0.1) is 5.92 Å². The van der Waals surface area contributed by atoms with Crippen LogP contribution in [-0.4, -0.2) is 68.7 Å². The van der Waals surface area contributed by atoms with Crippen LogP contribution in [0.2, 0.25) is 18.6 Å². The second-order valence-electron chi connectivity index (χ2n) is 15.1. The molecule has 3 amide bonds. The van der Waals surface area contributed by atoms with Crippen molar-refractivity contribution in [3.8, 4) is 5.75 Å². The number of para-hydroxylation sites is 1. The monoisotopic (exact) mass is 731 g/mol. The van der Waals surface area contributed by atoms with Crippen molar-refractivity contribution in [3.05, 3.63) is 120 Å². The van der Waals surface area contributed by atoms with Gasteiger partial charge >= 0.3 is 0 Å². The lowest BCUT2D eigenvalue weighted by Crippen LogP contribution is -2.52. The topological polar surface area (TPSA) is 99.6 Å². The number of methoxy groups -OCH3 is 1. The first-order chi connectivity index (χ1) is 25.6. The SMILES string of the molecule is COc1ccc([Si](C)(C)[C@H]2[C@H](CC(=O)N(CCO)Cc3ccccc3)O[C@@]3(C(=O)N(Cc4cccc(N5CCCC5=O)c4)c4ccccc43)[C@@H]2C)cc1. The molecule has 3 aliphatic rings. The van der Waals surface area contributed by atoms with Gasteiger partial charge in [0, 0.05) is 43.2 Å². The Morgan fingerprint density at radius 1 is 0.962 bits per heavy atom. The summed E-state index contributed by atoms with van der Waals surface area (Å²) in [4.78, 5) is 47.4. The summed E-state index contributed by atoms with van der Waals surface area (Å²) in [6.45, 7) is 8.16. The minimum absolute atomic E-state index is 0.0809. The van der Waals surface area contributed by atoms with Crippen LogP contribution in [0.4, 0.5) is 11.4 Å². The zero-order chi connectivity index (χ0) is 37.3. The van der Waals surface area contributed by atoms with E-state index in [2.05, 4.69) is 32.2 Å². The number of hydrogen-bond acceptors (Lipinski definition) is 6. The maximum atomic E-state index is 15.2. The van der Waals surface area contributed by atoms with Crippen molar-refractivity contribution in [2.45, 2.75) is 69.6 Å². The minimum atomic E-state index is -2.48. The molecule has 0 saturated carbocycles. The number of aliphatic hydroxyl groups is 1. The molecule has 0 bridgehead atoms. The number of carbonyl (C=O) groups is 3. The number of carbonyl (C=O) groups excluding carboxylic acids is 3. The Morgan fingerprint density at radius 3 is 2.38 bits per heavy atom. The third kappa shape index (κ3) is 6.68. The molecule has 1 N–H and O–H groups in total. The molecule has 3 heterocycles. The fraction of sp³-hybridized carbons (Fsp3) is 0.372. The van der Waals surface area contributed by atoms with Crippen LogP contribution < -0.4 is 19.7 Å². The first-order valence-electron chi connectivity index (χ1n) is 18.6. The molecule has 1 spiro atoms. The van der Waals surface area contributed by atoms with Gasteiger partial charge in [-0.05, 0) is 53.4 Å². The first kappa shape index (κ1) is 36.6. The van der Waals surface area contributed by atoms with Gasteiger partial charge in [-0.3, -0.25) is 14.4 Å². The van der Waals surface area contributed by atoms with Crippen molar-refractivity contribution in [3.63, 3.8) is 0 Å². The van der Waals surface area contributed by atoms with Crippen molar-refractivity contribution in [1.29, 1.82) is 0 Å². The second-order valence-corrected chi connectivity index (χ2v) is 19.8. The average molecular weight is 732 g/mol. The highest BCUT2D eigenvalue weighted by Gasteiger charge is 2.66. The van der Waals surface area contributed by atoms with Gasteiger partial charge in [-0.1, -0.05) is 98.0 Å². The molecule has 4 aromatic rings. The number of fused-ring (bicyclic) bond motifs is 2. The summed E-state index contributed by atoms with van der Waals surface area (Å²) in [6, 6.07) is 33.7. The molecule has 0 radical (unpaired) electrons. The zero-order valence-electron chi connectivity index (χ0n) is 31.0. The Morgan fingerprint density at radius 2 is 1.68 bits per heavy atom. The van der Waals surface area contributed by atoms with E-state index in [-0.39, 0.29) is 48.8 Å². The molecule has 9 nitrogen and oxygen atoms in total. The van der Waals surface area contributed by atoms with Gasteiger partial charge in [0.05, 0.1) is 46.5 Å². The van der Waals surface area contributed by atoms with Gasteiger partial charge in [-0.15, -0.1) is 0 Å². The third-order valence-electron chi connectivity index (χ3n) is 11.7. The fourth-order valence-corrected chi connectivity index (χ4v) is 13.1. The van der Waals surface area contributed by atoms with E-state index in [1.807, 2.05) is 101 Å². The van der Waals surface area contributed by atoms with E-state index < -0.39 is 19.8 Å². The summed E-state index contributed by atoms with van der Waals surface area (Å²) in [7, 11) is -0.828. The van der Waals surface area contributed by atoms with Gasteiger partial charge in [-0.25, -0.2) is 0 Å². The van der Waals surface area contributed by atoms with Crippen LogP contribution in [0.1, 0.15) is 42.9 Å². The van der Waals surface area contributed by atoms with Crippen LogP contribution >= 0.6 is 0 Å². The molecule has 2 saturated heterocycles. The summed E-state index contributed by atoms with van der Waals surface area (Å²) in [5.41, 5.74) is 2.95. The van der Waals surface area contributed by atoms with Crippen LogP contribution in [0.5, 0.6) is 5.75 Å². The number of anilines is 2. The highest BCUT2D eigenvalue weighted by atomic mass is 28.3. The normalized spacial score (nSPS) is 22.5. The van der Waals surface area contributed by atoms with Gasteiger partial charge < -0.3 is 29.3 Å². The summed E-state index contributed by atoms with van der Waals surface area (Å²) in [6.07, 6.45) is 0.909. The Bertz CT molecular complexity index is 1970. The number of amides is 3. The van der Waals surface area contributed by atoms with Crippen molar-refractivity contribution in [2.24, 2.45) is 5.92 Å². The number of rotatable bonds is 12. The highest BCUT2D eigenvalue weighted by molar-refractivity contribution is 6.91. The second kappa shape index (κ2) is 14.9. The summed E-state index contributed by atoms with van der Waals surface area (Å²) < 4.78 is 12.7. The smallest absolute Gasteiger partial charge is 0.264 e. The largest absolute Gasteiger partial charge is 0.497 e. The molecule has 276 valence electrons. The molecule has 0 aliphatic carbocycles. The van der Waals surface area contributed by atoms with E-state index in [0.29, 0.717) is 26.1 Å². The molecule has 0 aromatic heterocycles. The Labute approximate surface area is 313 Å². The van der Waals surface area contributed by atoms with Crippen LogP contribution in [0.25, 0.3) is 0 Å². The predicted octanol–water partition coefficient (Wildman–Crippen LogP) is 6.00. The number of ether oxygens (including phenoxy) is 2. The number of nitrogens with zero attached hydrogens (tertiary/aromatic N) is 3. The van der Waals surface area contributed by atoms with Gasteiger partial charge in [0.1, 0.15) is 5.75 Å². The number of benzene rings is 4. The Balaban J connectivity index is 1.26. The van der Waals surface area contributed by atoms with Crippen molar-refractivity contribution < 1.29 is 29.0 Å². The fourth-order valence-electron chi connectivity index (χ4n) is 9.07. The highest BCUT2D eigenvalue weighted by Crippen LogP contribution is 2.60. The van der Waals surface area contributed by atoms with Crippen LogP contribution in [-0.2, 0) is 37.8 Å². The molecular formula is C43H49N3O6Si. The van der Waals surface area contributed by atoms with Crippen LogP contribution in [0.3, 0.4) is 0 Å². The quantitative estimate of drug-likeness (QED) is 0.180. The van der Waals surface area contributed by atoms with E-state index in [0.717, 1.165) is 40.2 Å². The summed E-state index contributed by atoms with van der Waals surface area (Å²) >= 11 is 0. The summed E-state index contributed by atoms with van der Waals surface area (Å²) in [5.74, 6) is 0.368. The third-order valence-corrected chi connectivity index (χ3v) is 16.1. The van der Waals surface area contributed by atoms with E-state index in [1.165, 1.54) is 5.19 Å². The molecule has 0 unspecified atom stereocenters. The lowest BCUT2D eigenvalue weighted by atomic mass is 9.82. The lowest BCUT2D eigenvalue weighted by Gasteiger charge is -2.37. The molecule has 53 heavy (non-hydrogen) atoms. The molecule has 10 heteroatoms. The Hall–Kier alpha value is -4.77. The molecule has 7 rings (SSSR count). The van der Waals surface area contributed by atoms with E-state index >= 15 is 4.79 Å². The molecule has 2 fully saturated rings. The molecule has 4 atom stereocenters.